The first-order valence-corrected chi connectivity index (χ1v) is 45.8. The van der Waals surface area contributed by atoms with Gasteiger partial charge in [0, 0.05) is 122 Å². The maximum absolute atomic E-state index is 15.1. The number of amides is 12. The number of rotatable bonds is 43. The van der Waals surface area contributed by atoms with E-state index >= 15 is 24.0 Å². The largest absolute Gasteiger partial charge is 0.508 e. The Morgan fingerprint density at radius 2 is 0.886 bits per heavy atom. The molecule has 4 aromatic carbocycles. The van der Waals surface area contributed by atoms with Gasteiger partial charge in [-0.25, -0.2) is 0 Å². The first-order chi connectivity index (χ1) is 63.1. The summed E-state index contributed by atoms with van der Waals surface area (Å²) in [7, 11) is 0. The first-order valence-electron chi connectivity index (χ1n) is 45.8. The van der Waals surface area contributed by atoms with E-state index in [0.717, 1.165) is 10.8 Å². The van der Waals surface area contributed by atoms with Crippen LogP contribution in [0.25, 0.3) is 10.8 Å². The van der Waals surface area contributed by atoms with Gasteiger partial charge in [-0.15, -0.1) is 0 Å². The highest BCUT2D eigenvalue weighted by atomic mass is 16.4. The van der Waals surface area contributed by atoms with Crippen LogP contribution in [0, 0.1) is 5.41 Å². The molecule has 41 nitrogen and oxygen atoms in total. The number of nitrogens with two attached hydrogens (primary N) is 2. The molecule has 4 aromatic rings. The molecule has 12 amide bonds. The Labute approximate surface area is 770 Å². The maximum Gasteiger partial charge on any atom is 0.317 e. The van der Waals surface area contributed by atoms with E-state index in [1.807, 2.05) is 73.9 Å². The Morgan fingerprint density at radius 3 is 1.43 bits per heavy atom. The smallest absolute Gasteiger partial charge is 0.317 e. The Bertz CT molecular complexity index is 4420. The number of nitrogens with one attached hydrogen (secondary N) is 15. The lowest BCUT2D eigenvalue weighted by molar-refractivity contribution is -0.140. The summed E-state index contributed by atoms with van der Waals surface area (Å²) in [4.78, 5) is 219. The average Bonchev–Trinajstić information content (AvgIpc) is 0.856. The van der Waals surface area contributed by atoms with Crippen LogP contribution >= 0.6 is 0 Å². The van der Waals surface area contributed by atoms with Gasteiger partial charge in [0.2, 0.25) is 70.9 Å². The fourth-order valence-corrected chi connectivity index (χ4v) is 15.7. The van der Waals surface area contributed by atoms with E-state index in [9.17, 15) is 68.4 Å². The van der Waals surface area contributed by atoms with E-state index in [4.69, 9.17) is 16.9 Å². The number of phenols is 1. The zero-order valence-corrected chi connectivity index (χ0v) is 76.3. The summed E-state index contributed by atoms with van der Waals surface area (Å²) >= 11 is 0. The van der Waals surface area contributed by atoms with Gasteiger partial charge in [0.1, 0.15) is 54.1 Å². The molecule has 3 aliphatic heterocycles. The zero-order valence-electron chi connectivity index (χ0n) is 76.3. The Hall–Kier alpha value is -12.0. The van der Waals surface area contributed by atoms with Crippen LogP contribution in [0.15, 0.2) is 97.1 Å². The summed E-state index contributed by atoms with van der Waals surface area (Å²) < 4.78 is 0. The number of fused-ring (bicyclic) bond motifs is 1. The van der Waals surface area contributed by atoms with Gasteiger partial charge in [-0.05, 0) is 143 Å². The molecule has 3 fully saturated rings. The third-order valence-electron chi connectivity index (χ3n) is 23.0. The number of benzene rings is 4. The number of carboxylic acids is 3. The zero-order chi connectivity index (χ0) is 96.0. The minimum absolute atomic E-state index is 0.00469. The van der Waals surface area contributed by atoms with Crippen molar-refractivity contribution in [2.45, 2.75) is 210 Å². The van der Waals surface area contributed by atoms with Crippen LogP contribution in [0.3, 0.4) is 0 Å². The van der Waals surface area contributed by atoms with Gasteiger partial charge >= 0.3 is 17.9 Å². The molecule has 0 spiro atoms. The Morgan fingerprint density at radius 1 is 0.439 bits per heavy atom. The van der Waals surface area contributed by atoms with Gasteiger partial charge < -0.3 is 106 Å². The van der Waals surface area contributed by atoms with E-state index in [1.54, 1.807) is 51.1 Å². The molecule has 7 rings (SSSR count). The second-order valence-electron chi connectivity index (χ2n) is 34.7. The van der Waals surface area contributed by atoms with Crippen molar-refractivity contribution in [2.75, 3.05) is 131 Å². The van der Waals surface area contributed by atoms with Gasteiger partial charge in [0.25, 0.3) is 0 Å². The first kappa shape index (κ1) is 107. The predicted octanol–water partition coefficient (Wildman–Crippen LogP) is -2.21. The Kier molecular flexibility index (Phi) is 46.5. The maximum atomic E-state index is 15.1. The Balaban J connectivity index is 1.07. The van der Waals surface area contributed by atoms with E-state index in [-0.39, 0.29) is 198 Å². The summed E-state index contributed by atoms with van der Waals surface area (Å²) in [5.41, 5.74) is 13.2. The molecule has 0 saturated carbocycles. The lowest BCUT2D eigenvalue weighted by Crippen LogP contribution is -2.60. The van der Waals surface area contributed by atoms with Crippen molar-refractivity contribution in [3.8, 4) is 5.75 Å². The summed E-state index contributed by atoms with van der Waals surface area (Å²) in [5.74, 6) is -13.0. The highest BCUT2D eigenvalue weighted by molar-refractivity contribution is 5.99. The predicted molar refractivity (Wildman–Crippen MR) is 493 cm³/mol. The van der Waals surface area contributed by atoms with Crippen LogP contribution in [0.4, 0.5) is 0 Å². The lowest BCUT2D eigenvalue weighted by Gasteiger charge is -2.34. The number of likely N-dealkylation sites (tertiary alicyclic amines) is 1. The lowest BCUT2D eigenvalue weighted by atomic mass is 10.00. The van der Waals surface area contributed by atoms with Crippen molar-refractivity contribution < 1.29 is 92.3 Å². The number of piperidine rings is 1. The number of carboxylic acid groups (broad SMARTS) is 3. The third-order valence-corrected chi connectivity index (χ3v) is 23.0. The molecule has 41 heteroatoms. The third kappa shape index (κ3) is 41.6. The minimum atomic E-state index is -1.68. The fraction of sp³-hybridized carbons (Fsp3) is 0.582. The molecule has 6 unspecified atom stereocenters. The number of unbranched alkanes of at least 4 members (excludes halogenated alkanes) is 3. The van der Waals surface area contributed by atoms with Crippen molar-refractivity contribution in [1.82, 2.24) is 98.9 Å². The van der Waals surface area contributed by atoms with Crippen molar-refractivity contribution in [3.63, 3.8) is 0 Å². The number of carbonyl (C=O) groups is 15. The molecule has 0 radical (unpaired) electrons. The second kappa shape index (κ2) is 57.3. The van der Waals surface area contributed by atoms with Crippen LogP contribution in [0.5, 0.6) is 5.75 Å². The molecule has 0 aromatic heterocycles. The SMILES string of the molecule is CC(C)NCCCCC1NC(=O)C(Cc2ccc(O)cc2)NC(=O)C(Cc2ccccc2)NC(=O)CC[C@H](C(=O)NC(CCCCNC(C)C)C(=O)NC(CCCCNC(=O)CN2CCC(NC(=O)CN3CCN(CC(=O)O)CCN(CC(=O)O)CCN(CC(=O)O)CC3)CC2)C(N)=O)NC(=O)CNC(=O)C(Cc2ccc3ccccc3c2)NC(=O)[C@@H](CCCNC(=N)N)NC1=O. The van der Waals surface area contributed by atoms with Gasteiger partial charge in [-0.3, -0.25) is 102 Å². The van der Waals surface area contributed by atoms with Crippen LogP contribution in [0.2, 0.25) is 0 Å². The summed E-state index contributed by atoms with van der Waals surface area (Å²) in [6.45, 7) is 10.3. The quantitative estimate of drug-likeness (QED) is 0.0127. The molecular weight excluding hydrogens is 1710 g/mol. The number of hydrogen-bond donors (Lipinski definition) is 21. The number of phenolic OH excluding ortho intramolecular Hbond substituents is 1. The van der Waals surface area contributed by atoms with E-state index in [0.29, 0.717) is 87.8 Å². The summed E-state index contributed by atoms with van der Waals surface area (Å²) in [5, 5.41) is 88.6. The van der Waals surface area contributed by atoms with Crippen LogP contribution in [-0.2, 0) is 91.2 Å². The topological polar surface area (TPSA) is 597 Å². The highest BCUT2D eigenvalue weighted by Gasteiger charge is 2.37. The fourth-order valence-electron chi connectivity index (χ4n) is 15.7. The molecule has 3 heterocycles. The van der Waals surface area contributed by atoms with E-state index in [2.05, 4.69) is 74.4 Å². The van der Waals surface area contributed by atoms with Gasteiger partial charge in [-0.2, -0.15) is 0 Å². The van der Waals surface area contributed by atoms with E-state index < -0.39 is 145 Å². The van der Waals surface area contributed by atoms with Gasteiger partial charge in [0.05, 0.1) is 39.3 Å². The molecule has 0 bridgehead atoms. The minimum Gasteiger partial charge on any atom is -0.508 e. The van der Waals surface area contributed by atoms with Crippen LogP contribution in [-0.4, -0.2) is 337 Å². The second-order valence-corrected chi connectivity index (χ2v) is 34.7. The summed E-state index contributed by atoms with van der Waals surface area (Å²) in [6, 6.07) is 15.8. The number of primary amides is 1. The number of guanidine groups is 1. The van der Waals surface area contributed by atoms with Gasteiger partial charge in [0.15, 0.2) is 5.96 Å². The number of carbonyl (C=O) groups excluding carboxylic acids is 12. The standard InChI is InChI=1S/C91H138N22O19/c1-59(2)95-35-13-11-22-69(85(127)103-68(83(92)125)21-10-15-37-97-78(117)54-109-39-33-66(34-40-109)100-79(118)55-110-41-43-111(56-80(119)120)45-47-113(58-82(123)124)48-46-112(44-42-110)57-81(121)122)104-88(130)72-31-32-76(115)102-74(50-61-17-6-5-7-18-61)89(131)108-75(51-62-26-29-67(114)30-27-62)90(132)106-70(23-12-14-36-96-60(3)4)86(128)105-71(24-16-38-98-91(93)94)87(129)107-73(84(126)99-53-77(116)101-72)52-63-25-28-64-19-8-9-20-65(64)49-63/h5-9,17-20,25-30,49,59-60,66,68-75,95-96,114H,10-16,21-24,31-48,50-58H2,1-4H3,(H2,92,125)(H,97,117)(H,99,126)(H,100,118)(H,101,116)(H,102,115)(H,103,127)(H,104,130)(H,105,128)(H,106,132)(H,107,129)(H,108,131)(H,119,120)(H,121,122)(H,123,124)(H4,93,94,98)/t68?,69?,70?,71-,72-,73?,74?,75?/m1/s1. The number of aromatic hydroxyl groups is 1. The van der Waals surface area contributed by atoms with E-state index in [1.165, 1.54) is 24.3 Å². The highest BCUT2D eigenvalue weighted by Crippen LogP contribution is 2.20. The molecule has 0 aliphatic carbocycles. The monoisotopic (exact) mass is 1840 g/mol. The molecule has 3 saturated heterocycles. The number of aliphatic carboxylic acids is 3. The van der Waals surface area contributed by atoms with Crippen molar-refractivity contribution in [1.29, 1.82) is 5.41 Å². The number of nitrogens with zero attached hydrogens (tertiary/aromatic N) is 5. The molecule has 8 atom stereocenters. The van der Waals surface area contributed by atoms with Crippen molar-refractivity contribution in [2.24, 2.45) is 11.5 Å². The molecule has 726 valence electrons. The van der Waals surface area contributed by atoms with Gasteiger partial charge in [-0.1, -0.05) is 113 Å². The molecule has 132 heavy (non-hydrogen) atoms. The average molecular weight is 1840 g/mol. The van der Waals surface area contributed by atoms with Crippen LogP contribution in [0.1, 0.15) is 141 Å². The molecule has 23 N–H and O–H groups in total. The normalized spacial score (nSPS) is 20.1. The van der Waals surface area contributed by atoms with Crippen molar-refractivity contribution >= 4 is 106 Å². The molecular formula is C91H138N22O19. The van der Waals surface area contributed by atoms with Crippen molar-refractivity contribution in [3.05, 3.63) is 114 Å². The number of hydrogen-bond acceptors (Lipinski definition) is 24. The molecule has 3 aliphatic rings. The summed E-state index contributed by atoms with van der Waals surface area (Å²) in [6.07, 6.45) is 1.85. The van der Waals surface area contributed by atoms with Crippen LogP contribution < -0.4 is 85.9 Å².